The second-order valence-electron chi connectivity index (χ2n) is 7.14. The number of rotatable bonds is 5. The van der Waals surface area contributed by atoms with Gasteiger partial charge in [-0.1, -0.05) is 12.1 Å². The lowest BCUT2D eigenvalue weighted by atomic mass is 10.1. The van der Waals surface area contributed by atoms with Crippen LogP contribution in [0.1, 0.15) is 23.2 Å². The Balaban J connectivity index is 1.45. The Labute approximate surface area is 161 Å². The third kappa shape index (κ3) is 3.76. The van der Waals surface area contributed by atoms with Crippen molar-refractivity contribution in [3.63, 3.8) is 0 Å². The van der Waals surface area contributed by atoms with Crippen molar-refractivity contribution in [2.24, 2.45) is 0 Å². The van der Waals surface area contributed by atoms with Crippen molar-refractivity contribution >= 4 is 23.0 Å². The first-order valence-corrected chi connectivity index (χ1v) is 9.36. The monoisotopic (exact) mass is 384 g/mol. The van der Waals surface area contributed by atoms with Gasteiger partial charge in [-0.25, -0.2) is 4.39 Å². The van der Waals surface area contributed by atoms with Crippen molar-refractivity contribution in [2.75, 3.05) is 36.4 Å². The molecule has 0 aromatic heterocycles. The van der Waals surface area contributed by atoms with Crippen LogP contribution in [0.2, 0.25) is 0 Å². The summed E-state index contributed by atoms with van der Waals surface area (Å²) in [5.74, 6) is -0.821. The summed E-state index contributed by atoms with van der Waals surface area (Å²) in [5, 5.41) is 14.5. The highest BCUT2D eigenvalue weighted by atomic mass is 19.1. The van der Waals surface area contributed by atoms with Crippen molar-refractivity contribution in [1.29, 1.82) is 0 Å². The third-order valence-corrected chi connectivity index (χ3v) is 5.15. The zero-order valence-corrected chi connectivity index (χ0v) is 15.3. The summed E-state index contributed by atoms with van der Waals surface area (Å²) in [7, 11) is 0. The first kappa shape index (κ1) is 18.2. The van der Waals surface area contributed by atoms with Crippen molar-refractivity contribution in [2.45, 2.75) is 18.9 Å². The van der Waals surface area contributed by atoms with Crippen molar-refractivity contribution in [1.82, 2.24) is 4.90 Å². The number of nitro benzene ring substituents is 1. The second-order valence-corrected chi connectivity index (χ2v) is 7.14. The van der Waals surface area contributed by atoms with Crippen LogP contribution in [0.25, 0.3) is 0 Å². The van der Waals surface area contributed by atoms with Crippen LogP contribution in [0.15, 0.2) is 42.5 Å². The molecule has 0 unspecified atom stereocenters. The number of hydrogen-bond donors (Lipinski definition) is 1. The van der Waals surface area contributed by atoms with Gasteiger partial charge < -0.3 is 15.1 Å². The predicted molar refractivity (Wildman–Crippen MR) is 104 cm³/mol. The Hall–Kier alpha value is -3.16. The average Bonchev–Trinajstić information content (AvgIpc) is 3.52. The summed E-state index contributed by atoms with van der Waals surface area (Å²) in [6.07, 6.45) is 2.05. The van der Waals surface area contributed by atoms with E-state index in [1.807, 2.05) is 6.07 Å². The number of amides is 1. The minimum absolute atomic E-state index is 0.0732. The second kappa shape index (κ2) is 7.46. The summed E-state index contributed by atoms with van der Waals surface area (Å²) >= 11 is 0. The van der Waals surface area contributed by atoms with Gasteiger partial charge in [-0.3, -0.25) is 14.9 Å². The van der Waals surface area contributed by atoms with Gasteiger partial charge in [-0.2, -0.15) is 0 Å². The first-order chi connectivity index (χ1) is 13.5. The lowest BCUT2D eigenvalue weighted by molar-refractivity contribution is -0.384. The Kier molecular flexibility index (Phi) is 4.85. The Bertz CT molecular complexity index is 908. The van der Waals surface area contributed by atoms with E-state index in [1.165, 1.54) is 18.2 Å². The molecule has 1 amide bonds. The molecule has 0 atom stereocenters. The Morgan fingerprint density at radius 1 is 1.11 bits per heavy atom. The normalized spacial score (nSPS) is 16.8. The molecule has 1 N–H and O–H groups in total. The van der Waals surface area contributed by atoms with Crippen LogP contribution in [0.4, 0.5) is 21.5 Å². The molecule has 0 spiro atoms. The highest BCUT2D eigenvalue weighted by Gasteiger charge is 2.27. The number of piperazine rings is 1. The summed E-state index contributed by atoms with van der Waals surface area (Å²) in [6, 6.07) is 11.4. The first-order valence-electron chi connectivity index (χ1n) is 9.36. The molecule has 2 aromatic rings. The molecular weight excluding hydrogens is 363 g/mol. The molecule has 0 radical (unpaired) electrons. The van der Waals surface area contributed by atoms with Crippen LogP contribution in [0.3, 0.4) is 0 Å². The zero-order valence-electron chi connectivity index (χ0n) is 15.3. The predicted octanol–water partition coefficient (Wildman–Crippen LogP) is 3.27. The van der Waals surface area contributed by atoms with E-state index in [0.717, 1.165) is 18.5 Å². The number of anilines is 2. The molecule has 2 aliphatic rings. The van der Waals surface area contributed by atoms with Crippen LogP contribution in [-0.2, 0) is 0 Å². The number of nitrogens with one attached hydrogen (secondary N) is 1. The number of halogens is 1. The Morgan fingerprint density at radius 3 is 2.46 bits per heavy atom. The zero-order chi connectivity index (χ0) is 19.7. The van der Waals surface area contributed by atoms with Crippen molar-refractivity contribution in [3.05, 3.63) is 64.0 Å². The topological polar surface area (TPSA) is 78.7 Å². The van der Waals surface area contributed by atoms with Gasteiger partial charge in [0, 0.05) is 44.0 Å². The average molecular weight is 384 g/mol. The lowest BCUT2D eigenvalue weighted by Gasteiger charge is -2.36. The number of benzene rings is 2. The van der Waals surface area contributed by atoms with Crippen LogP contribution in [0, 0.1) is 15.9 Å². The molecule has 2 fully saturated rings. The van der Waals surface area contributed by atoms with Gasteiger partial charge >= 0.3 is 0 Å². The summed E-state index contributed by atoms with van der Waals surface area (Å²) < 4.78 is 13.9. The maximum atomic E-state index is 13.9. The fraction of sp³-hybridized carbons (Fsp3) is 0.350. The van der Waals surface area contributed by atoms with Gasteiger partial charge in [0.2, 0.25) is 0 Å². The standard InChI is InChI=1S/C20H21FN4O3/c21-17-4-2-1-3-16(17)20(26)24-11-9-23(10-12-24)15-7-8-19(25(27)28)18(13-15)22-14-5-6-14/h1-4,7-8,13-14,22H,5-6,9-12H2. The van der Waals surface area contributed by atoms with E-state index in [1.54, 1.807) is 23.1 Å². The van der Waals surface area contributed by atoms with E-state index in [2.05, 4.69) is 10.2 Å². The smallest absolute Gasteiger partial charge is 0.292 e. The fourth-order valence-electron chi connectivity index (χ4n) is 3.42. The molecular formula is C20H21FN4O3. The molecule has 1 saturated carbocycles. The van der Waals surface area contributed by atoms with E-state index in [9.17, 15) is 19.3 Å². The largest absolute Gasteiger partial charge is 0.377 e. The maximum absolute atomic E-state index is 13.9. The molecule has 0 bridgehead atoms. The van der Waals surface area contributed by atoms with Crippen LogP contribution < -0.4 is 10.2 Å². The fourth-order valence-corrected chi connectivity index (χ4v) is 3.42. The summed E-state index contributed by atoms with van der Waals surface area (Å²) in [4.78, 5) is 27.2. The van der Waals surface area contributed by atoms with E-state index in [-0.39, 0.29) is 22.1 Å². The van der Waals surface area contributed by atoms with Crippen LogP contribution in [-0.4, -0.2) is 48.0 Å². The molecule has 4 rings (SSSR count). The van der Waals surface area contributed by atoms with Gasteiger partial charge in [0.05, 0.1) is 10.5 Å². The molecule has 1 saturated heterocycles. The highest BCUT2D eigenvalue weighted by Crippen LogP contribution is 2.34. The highest BCUT2D eigenvalue weighted by molar-refractivity contribution is 5.94. The lowest BCUT2D eigenvalue weighted by Crippen LogP contribution is -2.49. The van der Waals surface area contributed by atoms with E-state index in [0.29, 0.717) is 37.9 Å². The molecule has 8 heteroatoms. The third-order valence-electron chi connectivity index (χ3n) is 5.15. The number of carbonyl (C=O) groups is 1. The molecule has 1 heterocycles. The van der Waals surface area contributed by atoms with E-state index in [4.69, 9.17) is 0 Å². The van der Waals surface area contributed by atoms with Gasteiger partial charge in [0.15, 0.2) is 0 Å². The van der Waals surface area contributed by atoms with Crippen molar-refractivity contribution in [3.8, 4) is 0 Å². The number of carbonyl (C=O) groups excluding carboxylic acids is 1. The molecule has 7 nitrogen and oxygen atoms in total. The molecule has 1 aliphatic carbocycles. The SMILES string of the molecule is O=C(c1ccccc1F)N1CCN(c2ccc([N+](=O)[O-])c(NC3CC3)c2)CC1. The van der Waals surface area contributed by atoms with Crippen LogP contribution >= 0.6 is 0 Å². The minimum Gasteiger partial charge on any atom is -0.377 e. The van der Waals surface area contributed by atoms with E-state index < -0.39 is 5.82 Å². The van der Waals surface area contributed by atoms with Gasteiger partial charge in [0.25, 0.3) is 11.6 Å². The van der Waals surface area contributed by atoms with Gasteiger partial charge in [0.1, 0.15) is 11.5 Å². The van der Waals surface area contributed by atoms with Gasteiger partial charge in [-0.05, 0) is 37.1 Å². The Morgan fingerprint density at radius 2 is 1.82 bits per heavy atom. The summed E-state index contributed by atoms with van der Waals surface area (Å²) in [6.45, 7) is 2.10. The summed E-state index contributed by atoms with van der Waals surface area (Å²) in [5.41, 5.74) is 1.58. The number of hydrogen-bond acceptors (Lipinski definition) is 5. The molecule has 2 aromatic carbocycles. The number of nitro groups is 1. The quantitative estimate of drug-likeness (QED) is 0.632. The maximum Gasteiger partial charge on any atom is 0.292 e. The molecule has 146 valence electrons. The van der Waals surface area contributed by atoms with Crippen molar-refractivity contribution < 1.29 is 14.1 Å². The van der Waals surface area contributed by atoms with Gasteiger partial charge in [-0.15, -0.1) is 0 Å². The molecule has 28 heavy (non-hydrogen) atoms. The molecule has 1 aliphatic heterocycles. The number of nitrogens with zero attached hydrogens (tertiary/aromatic N) is 3. The van der Waals surface area contributed by atoms with E-state index >= 15 is 0 Å². The minimum atomic E-state index is -0.513. The van der Waals surface area contributed by atoms with Crippen LogP contribution in [0.5, 0.6) is 0 Å².